The first-order valence-electron chi connectivity index (χ1n) is 2.37. The second-order valence-electron chi connectivity index (χ2n) is 1.57. The molecule has 0 aliphatic rings. The van der Waals surface area contributed by atoms with Gasteiger partial charge in [-0.3, -0.25) is 0 Å². The van der Waals surface area contributed by atoms with Crippen molar-refractivity contribution >= 4 is 39.9 Å². The van der Waals surface area contributed by atoms with Crippen molar-refractivity contribution in [3.05, 3.63) is 21.6 Å². The fraction of sp³-hybridized carbons (Fsp3) is 0. The summed E-state index contributed by atoms with van der Waals surface area (Å²) in [6.07, 6.45) is 0. The van der Waals surface area contributed by atoms with E-state index in [1.165, 1.54) is 4.70 Å². The Hall–Kier alpha value is 0.230. The van der Waals surface area contributed by atoms with Crippen LogP contribution in [0.25, 0.3) is 8.10 Å². The van der Waals surface area contributed by atoms with Gasteiger partial charge in [0, 0.05) is 0 Å². The van der Waals surface area contributed by atoms with Crippen LogP contribution in [0.2, 0.25) is 0 Å². The van der Waals surface area contributed by atoms with E-state index in [0.717, 1.165) is 0 Å². The molecule has 8 heavy (non-hydrogen) atoms. The summed E-state index contributed by atoms with van der Waals surface area (Å²) in [6, 6.07) is 4.50. The van der Waals surface area contributed by atoms with Gasteiger partial charge < -0.3 is 0 Å². The summed E-state index contributed by atoms with van der Waals surface area (Å²) in [4.78, 5) is 0. The Morgan fingerprint density at radius 2 is 2.38 bits per heavy atom. The molecule has 0 atom stereocenters. The van der Waals surface area contributed by atoms with Crippen LogP contribution >= 0.6 is 11.3 Å². The van der Waals surface area contributed by atoms with Gasteiger partial charge in [-0.25, -0.2) is 0 Å². The van der Waals surface area contributed by atoms with E-state index >= 15 is 0 Å². The van der Waals surface area contributed by atoms with E-state index in [1.54, 1.807) is 3.40 Å². The van der Waals surface area contributed by atoms with Gasteiger partial charge in [0.1, 0.15) is 0 Å². The molecule has 2 rings (SSSR count). The molecule has 0 amide bonds. The maximum absolute atomic E-state index is 2.34. The zero-order valence-corrected chi connectivity index (χ0v) is 7.27. The molecule has 0 aliphatic heterocycles. The van der Waals surface area contributed by atoms with Gasteiger partial charge in [-0.1, -0.05) is 0 Å². The van der Waals surface area contributed by atoms with Crippen molar-refractivity contribution in [3.63, 3.8) is 0 Å². The molecule has 0 saturated carbocycles. The molecule has 0 radical (unpaired) electrons. The first-order valence-corrected chi connectivity index (χ1v) is 5.76. The van der Waals surface area contributed by atoms with Gasteiger partial charge in [-0.2, -0.15) is 0 Å². The molecule has 0 aliphatic carbocycles. The van der Waals surface area contributed by atoms with E-state index in [2.05, 4.69) is 21.6 Å². The monoisotopic (exact) mass is 238 g/mol. The van der Waals surface area contributed by atoms with Crippen molar-refractivity contribution in [3.8, 4) is 0 Å². The van der Waals surface area contributed by atoms with Crippen LogP contribution in [0.1, 0.15) is 0 Å². The zero-order chi connectivity index (χ0) is 5.40. The average Bonchev–Trinajstić information content (AvgIpc) is 2.15. The van der Waals surface area contributed by atoms with Crippen LogP contribution in [0.3, 0.4) is 0 Å². The van der Waals surface area contributed by atoms with Gasteiger partial charge in [0.15, 0.2) is 0 Å². The molecule has 0 nitrogen and oxygen atoms in total. The molecule has 0 saturated heterocycles. The van der Waals surface area contributed by atoms with Crippen LogP contribution in [0, 0.1) is 0 Å². The van der Waals surface area contributed by atoms with Gasteiger partial charge >= 0.3 is 61.5 Å². The topological polar surface area (TPSA) is 0 Å². The summed E-state index contributed by atoms with van der Waals surface area (Å²) in [5, 5.41) is 2.18. The normalized spacial score (nSPS) is 10.5. The van der Waals surface area contributed by atoms with Crippen LogP contribution in [-0.4, -0.2) is 20.4 Å². The first kappa shape index (κ1) is 5.05. The predicted molar refractivity (Wildman–Crippen MR) is 38.8 cm³/mol. The van der Waals surface area contributed by atoms with Crippen molar-refractivity contribution in [1.82, 2.24) is 0 Å². The Labute approximate surface area is 61.4 Å². The van der Waals surface area contributed by atoms with Crippen molar-refractivity contribution < 1.29 is 0 Å². The molecule has 2 aromatic rings. The third kappa shape index (κ3) is 0.647. The molecule has 0 fully saturated rings. The molecule has 0 N–H and O–H groups in total. The minimum absolute atomic E-state index is 0.133. The van der Waals surface area contributed by atoms with E-state index in [0.29, 0.717) is 0 Å². The molecular formula is C6H4STe. The second kappa shape index (κ2) is 1.88. The first-order chi connectivity index (χ1) is 3.97. The summed E-state index contributed by atoms with van der Waals surface area (Å²) < 4.78 is 5.47. The van der Waals surface area contributed by atoms with E-state index in [1.807, 2.05) is 11.3 Å². The van der Waals surface area contributed by atoms with Gasteiger partial charge in [-0.05, 0) is 0 Å². The standard InChI is InChI=1S/C6H4STe/c1-3-7-5-2-4-8-6(1)5/h1-4H. The Balaban J connectivity index is 3.06. The third-order valence-corrected chi connectivity index (χ3v) is 4.87. The Morgan fingerprint density at radius 1 is 1.38 bits per heavy atom. The van der Waals surface area contributed by atoms with Crippen LogP contribution in [0.5, 0.6) is 0 Å². The third-order valence-electron chi connectivity index (χ3n) is 1.07. The second-order valence-corrected chi connectivity index (χ2v) is 5.22. The van der Waals surface area contributed by atoms with E-state index in [-0.39, 0.29) is 20.4 Å². The van der Waals surface area contributed by atoms with Crippen LogP contribution in [-0.2, 0) is 0 Å². The molecule has 0 spiro atoms. The summed E-state index contributed by atoms with van der Waals surface area (Å²) in [5.74, 6) is 0. The quantitative estimate of drug-likeness (QED) is 0.613. The number of thiophene rings is 1. The summed E-state index contributed by atoms with van der Waals surface area (Å²) in [5.41, 5.74) is 0. The van der Waals surface area contributed by atoms with Gasteiger partial charge in [0.05, 0.1) is 0 Å². The zero-order valence-electron chi connectivity index (χ0n) is 4.13. The number of hydrogen-bond donors (Lipinski definition) is 0. The van der Waals surface area contributed by atoms with Crippen molar-refractivity contribution in [2.45, 2.75) is 0 Å². The van der Waals surface area contributed by atoms with E-state index in [4.69, 9.17) is 0 Å². The number of rotatable bonds is 0. The molecule has 2 heterocycles. The molecular weight excluding hydrogens is 232 g/mol. The van der Waals surface area contributed by atoms with Crippen LogP contribution in [0.4, 0.5) is 0 Å². The van der Waals surface area contributed by atoms with Gasteiger partial charge in [0.25, 0.3) is 0 Å². The number of hydrogen-bond acceptors (Lipinski definition) is 1. The fourth-order valence-electron chi connectivity index (χ4n) is 0.697. The predicted octanol–water partition coefficient (Wildman–Crippen LogP) is 1.96. The SMILES string of the molecule is c1cc2[te]ccc2s1. The van der Waals surface area contributed by atoms with E-state index < -0.39 is 0 Å². The van der Waals surface area contributed by atoms with Gasteiger partial charge in [-0.15, -0.1) is 0 Å². The van der Waals surface area contributed by atoms with Crippen molar-refractivity contribution in [2.75, 3.05) is 0 Å². The molecule has 2 aromatic heterocycles. The summed E-state index contributed by atoms with van der Waals surface area (Å²) >= 11 is 1.99. The van der Waals surface area contributed by atoms with Gasteiger partial charge in [0.2, 0.25) is 0 Å². The van der Waals surface area contributed by atoms with E-state index in [9.17, 15) is 0 Å². The molecule has 0 unspecified atom stereocenters. The van der Waals surface area contributed by atoms with Crippen molar-refractivity contribution in [2.24, 2.45) is 0 Å². The molecule has 2 heteroatoms. The van der Waals surface area contributed by atoms with Crippen molar-refractivity contribution in [1.29, 1.82) is 0 Å². The minimum atomic E-state index is 0.133. The fourth-order valence-corrected chi connectivity index (χ4v) is 4.60. The number of fused-ring (bicyclic) bond motifs is 1. The maximum atomic E-state index is 2.34. The Kier molecular flexibility index (Phi) is 1.18. The molecule has 40 valence electrons. The molecule has 0 aromatic carbocycles. The average molecular weight is 236 g/mol. The molecule has 0 bridgehead atoms. The summed E-state index contributed by atoms with van der Waals surface area (Å²) in [6.45, 7) is 0. The van der Waals surface area contributed by atoms with Crippen LogP contribution in [0.15, 0.2) is 21.6 Å². The Morgan fingerprint density at radius 3 is 3.25 bits per heavy atom. The summed E-state index contributed by atoms with van der Waals surface area (Å²) in [7, 11) is 0. The van der Waals surface area contributed by atoms with Crippen LogP contribution < -0.4 is 0 Å². The Bertz CT molecular complexity index is 230.